The average Bonchev–Trinajstić information content (AvgIpc) is 3.89. The van der Waals surface area contributed by atoms with Crippen LogP contribution in [0.15, 0.2) is 59.6 Å². The molecule has 0 bridgehead atoms. The number of aliphatic imine (C=N–C) groups is 1. The number of aliphatic carboxylic acids is 1. The summed E-state index contributed by atoms with van der Waals surface area (Å²) in [5, 5.41) is 38.3. The van der Waals surface area contributed by atoms with Gasteiger partial charge in [0.25, 0.3) is 0 Å². The van der Waals surface area contributed by atoms with Crippen LogP contribution in [0.25, 0.3) is 0 Å². The van der Waals surface area contributed by atoms with E-state index in [1.807, 2.05) is 27.7 Å². The number of nitrogens with zero attached hydrogens (tertiary/aromatic N) is 2. The van der Waals surface area contributed by atoms with E-state index < -0.39 is 114 Å². The molecule has 1 aliphatic rings. The summed E-state index contributed by atoms with van der Waals surface area (Å²) in [5.74, 6) is -7.57. The van der Waals surface area contributed by atoms with Crippen LogP contribution < -0.4 is 54.4 Å². The Labute approximate surface area is 456 Å². The number of nitrogens with two attached hydrogens (primary N) is 3. The minimum absolute atomic E-state index is 0.0146. The van der Waals surface area contributed by atoms with Gasteiger partial charge in [0.05, 0.1) is 6.04 Å². The van der Waals surface area contributed by atoms with E-state index >= 15 is 0 Å². The van der Waals surface area contributed by atoms with Crippen molar-refractivity contribution in [1.82, 2.24) is 42.1 Å². The predicted octanol–water partition coefficient (Wildman–Crippen LogP) is 0.260. The van der Waals surface area contributed by atoms with Gasteiger partial charge in [-0.1, -0.05) is 96.3 Å². The van der Waals surface area contributed by atoms with E-state index in [1.54, 1.807) is 49.4 Å². The Morgan fingerprint density at radius 2 is 1.26 bits per heavy atom. The van der Waals surface area contributed by atoms with Crippen LogP contribution in [0.3, 0.4) is 0 Å². The Morgan fingerprint density at radius 3 is 1.86 bits per heavy atom. The summed E-state index contributed by atoms with van der Waals surface area (Å²) < 4.78 is 0. The Morgan fingerprint density at radius 1 is 0.688 bits per heavy atom. The molecule has 10 atom stereocenters. The first-order chi connectivity index (χ1) is 36.5. The van der Waals surface area contributed by atoms with Gasteiger partial charge in [0.15, 0.2) is 5.96 Å². The molecule has 2 aromatic rings. The molecule has 1 heterocycles. The maximum atomic E-state index is 14.8. The van der Waals surface area contributed by atoms with Crippen LogP contribution in [0.5, 0.6) is 5.75 Å². The lowest BCUT2D eigenvalue weighted by Gasteiger charge is -2.31. The van der Waals surface area contributed by atoms with Crippen molar-refractivity contribution < 1.29 is 53.4 Å². The fourth-order valence-electron chi connectivity index (χ4n) is 8.56. The number of rotatable bonds is 32. The number of carbonyl (C=O) groups excluding carboxylic acids is 8. The van der Waals surface area contributed by atoms with Crippen LogP contribution >= 0.6 is 12.6 Å². The number of hydrogen-bond donors (Lipinski definition) is 13. The smallest absolute Gasteiger partial charge is 0.327 e. The van der Waals surface area contributed by atoms with Crippen LogP contribution in [0, 0.1) is 11.8 Å². The van der Waals surface area contributed by atoms with Crippen molar-refractivity contribution in [1.29, 1.82) is 0 Å². The second kappa shape index (κ2) is 32.6. The number of benzene rings is 2. The molecular weight excluding hydrogens is 1010 g/mol. The van der Waals surface area contributed by atoms with Gasteiger partial charge in [0, 0.05) is 31.7 Å². The van der Waals surface area contributed by atoms with E-state index in [4.69, 9.17) is 17.2 Å². The minimum Gasteiger partial charge on any atom is -0.508 e. The molecule has 0 aliphatic carbocycles. The number of hydrogen-bond acceptors (Lipinski definition) is 13. The zero-order valence-corrected chi connectivity index (χ0v) is 46.0. The molecule has 15 N–H and O–H groups in total. The monoisotopic (exact) mass is 1090 g/mol. The van der Waals surface area contributed by atoms with Gasteiger partial charge in [-0.25, -0.2) is 4.79 Å². The number of amides is 8. The maximum Gasteiger partial charge on any atom is 0.327 e. The number of carboxylic acids is 1. The van der Waals surface area contributed by atoms with Crippen LogP contribution in [-0.4, -0.2) is 148 Å². The zero-order chi connectivity index (χ0) is 57.4. The van der Waals surface area contributed by atoms with Crippen molar-refractivity contribution in [2.45, 2.75) is 167 Å². The molecule has 24 heteroatoms. The Bertz CT molecular complexity index is 2320. The van der Waals surface area contributed by atoms with Gasteiger partial charge < -0.3 is 69.5 Å². The topological polar surface area (TPSA) is 372 Å². The van der Waals surface area contributed by atoms with Gasteiger partial charge in [0.1, 0.15) is 54.1 Å². The lowest BCUT2D eigenvalue weighted by Crippen LogP contribution is -2.61. The quantitative estimate of drug-likeness (QED) is 0.0202. The normalized spacial score (nSPS) is 16.6. The SMILES string of the molecule is CCCC[C@H](NC(=O)[C@@H](N)CCCN=C(N)N)C(=O)N[C@@H](Cc1ccc(O)cc1)C(=O)N[C@@H](Cc1ccccc1)C(=O)N1CCC[C@H]1C(=O)N[C@@H](C)C(=O)N[C@H](C(=O)N[C@@H](CC(C)C)C(=O)N[C@@H](CS)C(=O)O)[C@@H](C)CC. The average molecular weight is 1100 g/mol. The van der Waals surface area contributed by atoms with Crippen molar-refractivity contribution in [3.05, 3.63) is 65.7 Å². The third-order valence-electron chi connectivity index (χ3n) is 13.2. The molecular formula is C53H82N12O11S. The van der Waals surface area contributed by atoms with Gasteiger partial charge in [0.2, 0.25) is 47.3 Å². The molecule has 0 aromatic heterocycles. The molecule has 1 saturated heterocycles. The predicted molar refractivity (Wildman–Crippen MR) is 294 cm³/mol. The molecule has 1 aliphatic heterocycles. The molecule has 0 spiro atoms. The highest BCUT2D eigenvalue weighted by atomic mass is 32.1. The summed E-state index contributed by atoms with van der Waals surface area (Å²) in [5.41, 5.74) is 18.2. The first-order valence-corrected chi connectivity index (χ1v) is 27.0. The molecule has 23 nitrogen and oxygen atoms in total. The number of likely N-dealkylation sites (tertiary alicyclic amines) is 1. The highest BCUT2D eigenvalue weighted by Crippen LogP contribution is 2.21. The van der Waals surface area contributed by atoms with Crippen molar-refractivity contribution in [3.63, 3.8) is 0 Å². The molecule has 8 amide bonds. The number of guanidine groups is 1. The van der Waals surface area contributed by atoms with Crippen LogP contribution in [0.4, 0.5) is 0 Å². The van der Waals surface area contributed by atoms with E-state index in [1.165, 1.54) is 24.0 Å². The Hall–Kier alpha value is -6.95. The molecule has 77 heavy (non-hydrogen) atoms. The van der Waals surface area contributed by atoms with Gasteiger partial charge in [-0.05, 0) is 80.5 Å². The van der Waals surface area contributed by atoms with Crippen LogP contribution in [0.1, 0.15) is 110 Å². The van der Waals surface area contributed by atoms with E-state index in [0.717, 1.165) is 0 Å². The highest BCUT2D eigenvalue weighted by molar-refractivity contribution is 7.80. The third-order valence-corrected chi connectivity index (χ3v) is 13.6. The number of nitrogens with one attached hydrogen (secondary N) is 7. The van der Waals surface area contributed by atoms with Gasteiger partial charge in [-0.3, -0.25) is 43.3 Å². The Balaban J connectivity index is 1.87. The molecule has 0 radical (unpaired) electrons. The lowest BCUT2D eigenvalue weighted by atomic mass is 9.96. The molecule has 426 valence electrons. The first kappa shape index (κ1) is 64.3. The van der Waals surface area contributed by atoms with Gasteiger partial charge in [-0.15, -0.1) is 0 Å². The number of phenols is 1. The summed E-state index contributed by atoms with van der Waals surface area (Å²) >= 11 is 4.01. The molecule has 3 rings (SSSR count). The summed E-state index contributed by atoms with van der Waals surface area (Å²) in [6, 6.07) is 4.32. The summed E-state index contributed by atoms with van der Waals surface area (Å²) in [6.45, 7) is 10.9. The van der Waals surface area contributed by atoms with E-state index in [-0.39, 0.29) is 75.0 Å². The lowest BCUT2D eigenvalue weighted by molar-refractivity contribution is -0.142. The molecule has 0 unspecified atom stereocenters. The third kappa shape index (κ3) is 21.5. The largest absolute Gasteiger partial charge is 0.508 e. The van der Waals surface area contributed by atoms with Crippen molar-refractivity contribution in [2.24, 2.45) is 34.0 Å². The number of aromatic hydroxyl groups is 1. The summed E-state index contributed by atoms with van der Waals surface area (Å²) in [4.78, 5) is 129. The number of carboxylic acid groups (broad SMARTS) is 1. The maximum absolute atomic E-state index is 14.8. The standard InChI is InChI=1S/C53H82N12O11S/c1-7-9-18-37(59-45(68)36(54)17-13-24-57-53(55)56)46(69)60-39(27-34-20-22-35(66)23-21-34)48(71)62-40(28-33-15-11-10-12-16-33)51(74)65-25-14-19-42(65)49(72)58-32(6)44(67)64-43(31(5)8-2)50(73)61-38(26-30(3)4)47(70)63-41(29-77)52(75)76/h10-12,15-16,20-23,30-32,36-43,66,77H,7-9,13-14,17-19,24-29,54H2,1-6H3,(H,58,72)(H,59,68)(H,60,69)(H,61,73)(H,62,71)(H,63,70)(H,64,67)(H,75,76)(H4,55,56,57)/t31-,32-,36-,37-,38-,39-,40-,41-,42-,43-/m0/s1. The van der Waals surface area contributed by atoms with E-state index in [9.17, 15) is 53.4 Å². The minimum atomic E-state index is -1.31. The number of phenolic OH excluding ortho intramolecular Hbond substituents is 1. The highest BCUT2D eigenvalue weighted by Gasteiger charge is 2.40. The number of thiol groups is 1. The van der Waals surface area contributed by atoms with E-state index in [0.29, 0.717) is 43.2 Å². The molecule has 2 aromatic carbocycles. The first-order valence-electron chi connectivity index (χ1n) is 26.4. The summed E-state index contributed by atoms with van der Waals surface area (Å²) in [7, 11) is 0. The second-order valence-electron chi connectivity index (χ2n) is 20.0. The Kier molecular flexibility index (Phi) is 27.2. The fourth-order valence-corrected chi connectivity index (χ4v) is 8.81. The second-order valence-corrected chi connectivity index (χ2v) is 20.4. The van der Waals surface area contributed by atoms with Crippen molar-refractivity contribution in [3.8, 4) is 5.75 Å². The van der Waals surface area contributed by atoms with Gasteiger partial charge in [-0.2, -0.15) is 12.6 Å². The van der Waals surface area contributed by atoms with Gasteiger partial charge >= 0.3 is 5.97 Å². The van der Waals surface area contributed by atoms with Crippen LogP contribution in [0.2, 0.25) is 0 Å². The van der Waals surface area contributed by atoms with Crippen LogP contribution in [-0.2, 0) is 56.0 Å². The summed E-state index contributed by atoms with van der Waals surface area (Å²) in [6.07, 6.45) is 3.19. The molecule has 0 saturated carbocycles. The number of carbonyl (C=O) groups is 9. The fraction of sp³-hybridized carbons (Fsp3) is 0.585. The van der Waals surface area contributed by atoms with E-state index in [2.05, 4.69) is 54.8 Å². The number of unbranched alkanes of at least 4 members (excludes halogenated alkanes) is 1. The van der Waals surface area contributed by atoms with Crippen molar-refractivity contribution >= 4 is 71.8 Å². The molecule has 1 fully saturated rings. The van der Waals surface area contributed by atoms with Crippen molar-refractivity contribution in [2.75, 3.05) is 18.8 Å². The zero-order valence-electron chi connectivity index (χ0n) is 45.1.